The minimum atomic E-state index is -0.404. The van der Waals surface area contributed by atoms with Gasteiger partial charge in [0, 0.05) is 17.5 Å². The van der Waals surface area contributed by atoms with Crippen LogP contribution in [0.4, 0.5) is 5.13 Å². The SMILES string of the molecule is CCSc1nnc(NC(=O)Cc2c(C)nc3c(C#N)c[nH]n3c2=O)s1. The molecule has 128 valence electrons. The molecule has 3 aromatic heterocycles. The third-order valence-corrected chi connectivity index (χ3v) is 5.19. The average Bonchev–Trinajstić information content (AvgIpc) is 3.18. The van der Waals surface area contributed by atoms with Gasteiger partial charge in [0.1, 0.15) is 11.6 Å². The van der Waals surface area contributed by atoms with E-state index in [1.54, 1.807) is 6.92 Å². The van der Waals surface area contributed by atoms with Gasteiger partial charge in [-0.2, -0.15) is 5.26 Å². The highest BCUT2D eigenvalue weighted by Crippen LogP contribution is 2.25. The molecule has 1 amide bonds. The van der Waals surface area contributed by atoms with Gasteiger partial charge in [-0.3, -0.25) is 14.7 Å². The minimum Gasteiger partial charge on any atom is -0.300 e. The molecular weight excluding hydrogens is 362 g/mol. The summed E-state index contributed by atoms with van der Waals surface area (Å²) in [5.41, 5.74) is 0.786. The van der Waals surface area contributed by atoms with E-state index in [2.05, 4.69) is 25.6 Å². The predicted molar refractivity (Wildman–Crippen MR) is 93.9 cm³/mol. The van der Waals surface area contributed by atoms with Gasteiger partial charge in [0.15, 0.2) is 9.99 Å². The van der Waals surface area contributed by atoms with E-state index < -0.39 is 5.56 Å². The summed E-state index contributed by atoms with van der Waals surface area (Å²) < 4.78 is 1.93. The first-order valence-corrected chi connectivity index (χ1v) is 9.09. The first kappa shape index (κ1) is 17.1. The summed E-state index contributed by atoms with van der Waals surface area (Å²) >= 11 is 2.82. The zero-order valence-electron chi connectivity index (χ0n) is 13.4. The van der Waals surface area contributed by atoms with Crippen LogP contribution in [0.25, 0.3) is 5.65 Å². The molecule has 25 heavy (non-hydrogen) atoms. The molecule has 0 saturated carbocycles. The van der Waals surface area contributed by atoms with Crippen molar-refractivity contribution >= 4 is 39.8 Å². The van der Waals surface area contributed by atoms with E-state index in [1.165, 1.54) is 29.3 Å². The molecule has 0 atom stereocenters. The number of thioether (sulfide) groups is 1. The molecule has 11 heteroatoms. The third-order valence-electron chi connectivity index (χ3n) is 3.34. The highest BCUT2D eigenvalue weighted by atomic mass is 32.2. The molecule has 0 spiro atoms. The van der Waals surface area contributed by atoms with Crippen molar-refractivity contribution in [3.05, 3.63) is 33.4 Å². The lowest BCUT2D eigenvalue weighted by molar-refractivity contribution is -0.115. The smallest absolute Gasteiger partial charge is 0.276 e. The van der Waals surface area contributed by atoms with Gasteiger partial charge < -0.3 is 5.32 Å². The van der Waals surface area contributed by atoms with E-state index in [9.17, 15) is 9.59 Å². The van der Waals surface area contributed by atoms with Crippen molar-refractivity contribution < 1.29 is 4.79 Å². The number of rotatable bonds is 5. The van der Waals surface area contributed by atoms with E-state index in [0.29, 0.717) is 10.8 Å². The highest BCUT2D eigenvalue weighted by Gasteiger charge is 2.17. The minimum absolute atomic E-state index is 0.142. The number of nitrogens with one attached hydrogen (secondary N) is 2. The van der Waals surface area contributed by atoms with Crippen LogP contribution in [0.15, 0.2) is 15.3 Å². The fraction of sp³-hybridized carbons (Fsp3) is 0.286. The Balaban J connectivity index is 1.83. The number of nitrogens with zero attached hydrogens (tertiary/aromatic N) is 5. The van der Waals surface area contributed by atoms with Gasteiger partial charge in [-0.15, -0.1) is 10.2 Å². The predicted octanol–water partition coefficient (Wildman–Crippen LogP) is 1.35. The lowest BCUT2D eigenvalue weighted by Crippen LogP contribution is -2.26. The van der Waals surface area contributed by atoms with Gasteiger partial charge in [0.2, 0.25) is 11.0 Å². The number of amides is 1. The summed E-state index contributed by atoms with van der Waals surface area (Å²) in [5.74, 6) is 0.489. The Morgan fingerprint density at radius 3 is 3.04 bits per heavy atom. The number of hydrogen-bond donors (Lipinski definition) is 2. The first-order chi connectivity index (χ1) is 12.0. The van der Waals surface area contributed by atoms with Crippen LogP contribution in [0.2, 0.25) is 0 Å². The zero-order chi connectivity index (χ0) is 18.0. The van der Waals surface area contributed by atoms with Gasteiger partial charge in [0.25, 0.3) is 5.56 Å². The van der Waals surface area contributed by atoms with Gasteiger partial charge >= 0.3 is 0 Å². The van der Waals surface area contributed by atoms with E-state index in [-0.39, 0.29) is 29.1 Å². The second-order valence-corrected chi connectivity index (χ2v) is 7.46. The Morgan fingerprint density at radius 1 is 1.52 bits per heavy atom. The van der Waals surface area contributed by atoms with Crippen molar-refractivity contribution in [3.63, 3.8) is 0 Å². The molecule has 0 aliphatic heterocycles. The molecule has 0 aliphatic rings. The molecule has 3 aromatic rings. The van der Waals surface area contributed by atoms with Crippen molar-refractivity contribution in [2.75, 3.05) is 11.1 Å². The molecule has 3 rings (SSSR count). The summed E-state index contributed by atoms with van der Waals surface area (Å²) in [6, 6.07) is 1.96. The summed E-state index contributed by atoms with van der Waals surface area (Å²) in [5, 5.41) is 22.6. The van der Waals surface area contributed by atoms with Crippen molar-refractivity contribution in [1.29, 1.82) is 5.26 Å². The molecule has 2 N–H and O–H groups in total. The van der Waals surface area contributed by atoms with Crippen LogP contribution in [0.3, 0.4) is 0 Å². The number of aryl methyl sites for hydroxylation is 1. The van der Waals surface area contributed by atoms with Crippen molar-refractivity contribution in [2.45, 2.75) is 24.6 Å². The lowest BCUT2D eigenvalue weighted by Gasteiger charge is -2.05. The van der Waals surface area contributed by atoms with Crippen LogP contribution >= 0.6 is 23.1 Å². The maximum Gasteiger partial charge on any atom is 0.276 e. The molecule has 3 heterocycles. The number of fused-ring (bicyclic) bond motifs is 1. The zero-order valence-corrected chi connectivity index (χ0v) is 15.0. The Kier molecular flexibility index (Phi) is 4.82. The molecule has 0 aromatic carbocycles. The maximum atomic E-state index is 12.5. The monoisotopic (exact) mass is 375 g/mol. The lowest BCUT2D eigenvalue weighted by atomic mass is 10.1. The van der Waals surface area contributed by atoms with E-state index in [4.69, 9.17) is 5.26 Å². The van der Waals surface area contributed by atoms with E-state index in [0.717, 1.165) is 14.6 Å². The molecule has 0 fully saturated rings. The Labute approximate surface area is 150 Å². The summed E-state index contributed by atoms with van der Waals surface area (Å²) in [6.45, 7) is 3.64. The number of H-pyrrole nitrogens is 1. The van der Waals surface area contributed by atoms with Crippen LogP contribution in [0, 0.1) is 18.3 Å². The molecular formula is C14H13N7O2S2. The Hall–Kier alpha value is -2.71. The summed E-state index contributed by atoms with van der Waals surface area (Å²) in [4.78, 5) is 29.0. The van der Waals surface area contributed by atoms with Crippen molar-refractivity contribution in [2.24, 2.45) is 0 Å². The number of anilines is 1. The van der Waals surface area contributed by atoms with Gasteiger partial charge in [-0.1, -0.05) is 30.0 Å². The summed E-state index contributed by atoms with van der Waals surface area (Å²) in [7, 11) is 0. The molecule has 9 nitrogen and oxygen atoms in total. The Morgan fingerprint density at radius 2 is 2.32 bits per heavy atom. The average molecular weight is 375 g/mol. The van der Waals surface area contributed by atoms with Crippen LogP contribution in [-0.2, 0) is 11.2 Å². The second-order valence-electron chi connectivity index (χ2n) is 4.97. The van der Waals surface area contributed by atoms with E-state index in [1.807, 2.05) is 13.0 Å². The van der Waals surface area contributed by atoms with Crippen LogP contribution in [0.5, 0.6) is 0 Å². The number of carbonyl (C=O) groups is 1. The maximum absolute atomic E-state index is 12.5. The number of aromatic amines is 1. The molecule has 0 unspecified atom stereocenters. The largest absolute Gasteiger partial charge is 0.300 e. The van der Waals surface area contributed by atoms with Crippen LogP contribution in [-0.4, -0.2) is 36.5 Å². The second kappa shape index (κ2) is 7.04. The number of hydrogen-bond acceptors (Lipinski definition) is 8. The fourth-order valence-corrected chi connectivity index (χ4v) is 3.87. The third kappa shape index (κ3) is 3.40. The quantitative estimate of drug-likeness (QED) is 0.508. The van der Waals surface area contributed by atoms with Crippen molar-refractivity contribution in [1.82, 2.24) is 24.8 Å². The highest BCUT2D eigenvalue weighted by molar-refractivity contribution is 8.01. The number of aromatic nitrogens is 5. The number of nitriles is 1. The number of carbonyl (C=O) groups excluding carboxylic acids is 1. The molecule has 0 aliphatic carbocycles. The fourth-order valence-electron chi connectivity index (χ4n) is 2.21. The molecule has 0 bridgehead atoms. The topological polar surface area (TPSA) is 129 Å². The summed E-state index contributed by atoms with van der Waals surface area (Å²) in [6.07, 6.45) is 1.26. The Bertz CT molecular complexity index is 1040. The van der Waals surface area contributed by atoms with Crippen LogP contribution in [0.1, 0.15) is 23.7 Å². The molecule has 0 radical (unpaired) electrons. The van der Waals surface area contributed by atoms with Gasteiger partial charge in [-0.05, 0) is 12.7 Å². The van der Waals surface area contributed by atoms with Gasteiger partial charge in [-0.25, -0.2) is 9.50 Å². The normalized spacial score (nSPS) is 10.8. The van der Waals surface area contributed by atoms with Gasteiger partial charge in [0.05, 0.1) is 6.42 Å². The molecule has 0 saturated heterocycles. The first-order valence-electron chi connectivity index (χ1n) is 7.29. The standard InChI is InChI=1S/C14H13N7O2S2/c1-3-24-14-20-19-13(25-14)18-10(22)4-9-7(2)17-11-8(5-15)6-16-21(11)12(9)23/h6,16H,3-4H2,1-2H3,(H,18,19,22). The van der Waals surface area contributed by atoms with E-state index >= 15 is 0 Å². The van der Waals surface area contributed by atoms with Crippen LogP contribution < -0.4 is 10.9 Å². The van der Waals surface area contributed by atoms with Crippen molar-refractivity contribution in [3.8, 4) is 6.07 Å².